The van der Waals surface area contributed by atoms with Crippen LogP contribution in [0.5, 0.6) is 0 Å². The maximum Gasteiger partial charge on any atom is 0.416 e. The summed E-state index contributed by atoms with van der Waals surface area (Å²) < 4.78 is 53.4. The molecule has 0 fully saturated rings. The van der Waals surface area contributed by atoms with E-state index >= 15 is 0 Å². The van der Waals surface area contributed by atoms with E-state index in [1.165, 1.54) is 24.3 Å². The number of anilines is 1. The molecule has 1 aliphatic heterocycles. The molecule has 3 rings (SSSR count). The number of alkyl halides is 3. The Labute approximate surface area is 154 Å². The molecule has 2 aromatic carbocycles. The number of rotatable bonds is 3. The minimum atomic E-state index is -4.54. The third-order valence-electron chi connectivity index (χ3n) is 4.16. The van der Waals surface area contributed by atoms with Crippen molar-refractivity contribution in [2.75, 3.05) is 11.9 Å². The van der Waals surface area contributed by atoms with Gasteiger partial charge in [-0.15, -0.1) is 12.4 Å². The van der Waals surface area contributed by atoms with E-state index in [9.17, 15) is 22.4 Å². The molecule has 8 heteroatoms. The van der Waals surface area contributed by atoms with Crippen molar-refractivity contribution in [2.24, 2.45) is 0 Å². The molecule has 1 aliphatic rings. The van der Waals surface area contributed by atoms with Gasteiger partial charge in [0.05, 0.1) is 17.7 Å². The van der Waals surface area contributed by atoms with E-state index in [1.807, 2.05) is 0 Å². The van der Waals surface area contributed by atoms with E-state index in [4.69, 9.17) is 0 Å². The average Bonchev–Trinajstić information content (AvgIpc) is 2.57. The van der Waals surface area contributed by atoms with Crippen LogP contribution in [0, 0.1) is 5.82 Å². The minimum Gasteiger partial charge on any atom is -0.323 e. The Balaban J connectivity index is 0.00000243. The van der Waals surface area contributed by atoms with E-state index < -0.39 is 29.9 Å². The highest BCUT2D eigenvalue weighted by Crippen LogP contribution is 2.32. The predicted molar refractivity (Wildman–Crippen MR) is 92.8 cm³/mol. The third kappa shape index (κ3) is 4.34. The standard InChI is InChI=1S/C18H16F4N2O.ClH/c19-17-13-7-8-23-10-12(13)5-6-15(17)24-16(25)9-11-3-1-2-4-14(11)18(20,21)22;/h1-6,23H,7-10H2,(H,24,25);1H. The van der Waals surface area contributed by atoms with Crippen LogP contribution in [0.2, 0.25) is 0 Å². The van der Waals surface area contributed by atoms with Gasteiger partial charge in [0.2, 0.25) is 5.91 Å². The summed E-state index contributed by atoms with van der Waals surface area (Å²) in [4.78, 5) is 12.1. The first-order valence-corrected chi connectivity index (χ1v) is 7.82. The van der Waals surface area contributed by atoms with Gasteiger partial charge in [0.25, 0.3) is 0 Å². The van der Waals surface area contributed by atoms with Gasteiger partial charge in [0.1, 0.15) is 5.82 Å². The molecule has 0 aromatic heterocycles. The molecular formula is C18H17ClF4N2O. The van der Waals surface area contributed by atoms with Crippen molar-refractivity contribution in [3.8, 4) is 0 Å². The quantitative estimate of drug-likeness (QED) is 0.777. The van der Waals surface area contributed by atoms with Crippen LogP contribution in [0.15, 0.2) is 36.4 Å². The number of hydrogen-bond donors (Lipinski definition) is 2. The fraction of sp³-hybridized carbons (Fsp3) is 0.278. The van der Waals surface area contributed by atoms with Crippen molar-refractivity contribution >= 4 is 24.0 Å². The number of halogens is 5. The van der Waals surface area contributed by atoms with Gasteiger partial charge < -0.3 is 10.6 Å². The Morgan fingerprint density at radius 1 is 1.15 bits per heavy atom. The average molecular weight is 389 g/mol. The summed E-state index contributed by atoms with van der Waals surface area (Å²) >= 11 is 0. The first-order valence-electron chi connectivity index (χ1n) is 7.82. The molecule has 0 spiro atoms. The number of benzene rings is 2. The third-order valence-corrected chi connectivity index (χ3v) is 4.16. The van der Waals surface area contributed by atoms with Gasteiger partial charge in [-0.2, -0.15) is 13.2 Å². The fourth-order valence-corrected chi connectivity index (χ4v) is 2.95. The lowest BCUT2D eigenvalue weighted by molar-refractivity contribution is -0.138. The first kappa shape index (κ1) is 20.2. The molecule has 0 aliphatic carbocycles. The molecule has 0 saturated heterocycles. The molecule has 0 saturated carbocycles. The summed E-state index contributed by atoms with van der Waals surface area (Å²) in [5.74, 6) is -1.21. The van der Waals surface area contributed by atoms with E-state index in [-0.39, 0.29) is 23.7 Å². The predicted octanol–water partition coefficient (Wildman–Crippen LogP) is 4.09. The van der Waals surface area contributed by atoms with Crippen molar-refractivity contribution in [3.05, 3.63) is 64.5 Å². The molecule has 2 N–H and O–H groups in total. The van der Waals surface area contributed by atoms with Crippen LogP contribution in [0.1, 0.15) is 22.3 Å². The van der Waals surface area contributed by atoms with Gasteiger partial charge in [-0.05, 0) is 41.8 Å². The van der Waals surface area contributed by atoms with Gasteiger partial charge in [-0.3, -0.25) is 4.79 Å². The second-order valence-electron chi connectivity index (χ2n) is 5.87. The molecular weight excluding hydrogens is 372 g/mol. The molecule has 2 aromatic rings. The molecule has 0 atom stereocenters. The highest BCUT2D eigenvalue weighted by molar-refractivity contribution is 5.92. The molecule has 0 unspecified atom stereocenters. The summed E-state index contributed by atoms with van der Waals surface area (Å²) in [6.07, 6.45) is -4.52. The zero-order valence-corrected chi connectivity index (χ0v) is 14.4. The van der Waals surface area contributed by atoms with Gasteiger partial charge in [0.15, 0.2) is 0 Å². The lowest BCUT2D eigenvalue weighted by Crippen LogP contribution is -2.25. The summed E-state index contributed by atoms with van der Waals surface area (Å²) in [7, 11) is 0. The van der Waals surface area contributed by atoms with Crippen molar-refractivity contribution in [3.63, 3.8) is 0 Å². The van der Waals surface area contributed by atoms with Crippen LogP contribution in [0.3, 0.4) is 0 Å². The molecule has 0 bridgehead atoms. The Hall–Kier alpha value is -2.12. The zero-order valence-electron chi connectivity index (χ0n) is 13.6. The highest BCUT2D eigenvalue weighted by atomic mass is 35.5. The van der Waals surface area contributed by atoms with Crippen LogP contribution >= 0.6 is 12.4 Å². The summed E-state index contributed by atoms with van der Waals surface area (Å²) in [5, 5.41) is 5.51. The summed E-state index contributed by atoms with van der Waals surface area (Å²) in [6, 6.07) is 8.02. The highest BCUT2D eigenvalue weighted by Gasteiger charge is 2.33. The summed E-state index contributed by atoms with van der Waals surface area (Å²) in [5.41, 5.74) is 0.351. The number of amides is 1. The molecule has 3 nitrogen and oxygen atoms in total. The Morgan fingerprint density at radius 2 is 1.88 bits per heavy atom. The second-order valence-corrected chi connectivity index (χ2v) is 5.87. The van der Waals surface area contributed by atoms with E-state index in [0.717, 1.165) is 11.6 Å². The SMILES string of the molecule is Cl.O=C(Cc1ccccc1C(F)(F)F)Nc1ccc2c(c1F)CCNC2. The Morgan fingerprint density at radius 3 is 2.62 bits per heavy atom. The maximum absolute atomic E-state index is 14.5. The van der Waals surface area contributed by atoms with Crippen LogP contribution in [0.4, 0.5) is 23.2 Å². The van der Waals surface area contributed by atoms with Gasteiger partial charge in [-0.25, -0.2) is 4.39 Å². The monoisotopic (exact) mass is 388 g/mol. The normalized spacial score (nSPS) is 13.5. The van der Waals surface area contributed by atoms with Gasteiger partial charge in [-0.1, -0.05) is 24.3 Å². The van der Waals surface area contributed by atoms with Crippen molar-refractivity contribution in [1.82, 2.24) is 5.32 Å². The van der Waals surface area contributed by atoms with Crippen LogP contribution in [0.25, 0.3) is 0 Å². The number of carbonyl (C=O) groups is 1. The van der Waals surface area contributed by atoms with Crippen LogP contribution in [-0.4, -0.2) is 12.5 Å². The van der Waals surface area contributed by atoms with Gasteiger partial charge in [0, 0.05) is 6.54 Å². The van der Waals surface area contributed by atoms with Crippen molar-refractivity contribution in [2.45, 2.75) is 25.6 Å². The van der Waals surface area contributed by atoms with Crippen LogP contribution in [-0.2, 0) is 30.4 Å². The van der Waals surface area contributed by atoms with E-state index in [1.54, 1.807) is 6.07 Å². The van der Waals surface area contributed by atoms with Gasteiger partial charge >= 0.3 is 6.18 Å². The largest absolute Gasteiger partial charge is 0.416 e. The number of fused-ring (bicyclic) bond motifs is 1. The van der Waals surface area contributed by atoms with E-state index in [2.05, 4.69) is 10.6 Å². The smallest absolute Gasteiger partial charge is 0.323 e. The number of nitrogens with one attached hydrogen (secondary N) is 2. The van der Waals surface area contributed by atoms with E-state index in [0.29, 0.717) is 25.1 Å². The number of hydrogen-bond acceptors (Lipinski definition) is 2. The molecule has 140 valence electrons. The topological polar surface area (TPSA) is 41.1 Å². The van der Waals surface area contributed by atoms with Crippen LogP contribution < -0.4 is 10.6 Å². The Kier molecular flexibility index (Phi) is 6.26. The summed E-state index contributed by atoms with van der Waals surface area (Å²) in [6.45, 7) is 1.19. The molecule has 26 heavy (non-hydrogen) atoms. The Bertz CT molecular complexity index is 808. The van der Waals surface area contributed by atoms with Crippen molar-refractivity contribution < 1.29 is 22.4 Å². The van der Waals surface area contributed by atoms with Crippen molar-refractivity contribution in [1.29, 1.82) is 0 Å². The lowest BCUT2D eigenvalue weighted by atomic mass is 9.99. The first-order chi connectivity index (χ1) is 11.9. The molecule has 1 heterocycles. The molecule has 1 amide bonds. The zero-order chi connectivity index (χ0) is 18.0. The molecule has 0 radical (unpaired) electrons. The fourth-order valence-electron chi connectivity index (χ4n) is 2.95. The lowest BCUT2D eigenvalue weighted by Gasteiger charge is -2.19. The minimum absolute atomic E-state index is 0. The number of carbonyl (C=O) groups excluding carboxylic acids is 1. The second kappa shape index (κ2) is 8.05. The maximum atomic E-state index is 14.5.